The molecule has 0 bridgehead atoms. The maximum absolute atomic E-state index is 11.9. The van der Waals surface area contributed by atoms with E-state index in [1.54, 1.807) is 12.1 Å². The lowest BCUT2D eigenvalue weighted by Gasteiger charge is -2.18. The molecule has 30 heavy (non-hydrogen) atoms. The van der Waals surface area contributed by atoms with Crippen LogP contribution in [0.15, 0.2) is 29.3 Å². The Bertz CT molecular complexity index is 753. The molecule has 0 saturated carbocycles. The number of rotatable bonds is 8. The van der Waals surface area contributed by atoms with Gasteiger partial charge in [0, 0.05) is 37.7 Å². The van der Waals surface area contributed by atoms with Crippen molar-refractivity contribution in [3.63, 3.8) is 0 Å². The predicted octanol–water partition coefficient (Wildman–Crippen LogP) is 0.586. The molecule has 0 spiro atoms. The van der Waals surface area contributed by atoms with Crippen molar-refractivity contribution >= 4 is 47.7 Å². The average molecular weight is 530 g/mol. The van der Waals surface area contributed by atoms with Gasteiger partial charge in [-0.05, 0) is 31.0 Å². The Hall–Kier alpha value is -2.37. The first-order chi connectivity index (χ1) is 13.9. The minimum atomic E-state index is -0.586. The highest BCUT2D eigenvalue weighted by molar-refractivity contribution is 14.0. The number of halogens is 1. The summed E-state index contributed by atoms with van der Waals surface area (Å²) in [5, 5.41) is 9.06. The Morgan fingerprint density at radius 3 is 2.47 bits per heavy atom. The van der Waals surface area contributed by atoms with Gasteiger partial charge in [0.2, 0.25) is 11.8 Å². The maximum Gasteiger partial charge on any atom is 0.251 e. The highest BCUT2D eigenvalue weighted by Crippen LogP contribution is 2.11. The molecule has 1 aromatic carbocycles. The van der Waals surface area contributed by atoms with Crippen LogP contribution in [0.3, 0.4) is 0 Å². The molecule has 166 valence electrons. The zero-order valence-corrected chi connectivity index (χ0v) is 19.8. The highest BCUT2D eigenvalue weighted by Gasteiger charge is 2.25. The van der Waals surface area contributed by atoms with Gasteiger partial charge >= 0.3 is 0 Å². The Morgan fingerprint density at radius 1 is 1.17 bits per heavy atom. The summed E-state index contributed by atoms with van der Waals surface area (Å²) in [6.07, 6.45) is 1.42. The zero-order valence-electron chi connectivity index (χ0n) is 17.4. The van der Waals surface area contributed by atoms with Gasteiger partial charge in [-0.2, -0.15) is 0 Å². The van der Waals surface area contributed by atoms with Crippen LogP contribution in [0.25, 0.3) is 0 Å². The van der Waals surface area contributed by atoms with E-state index in [4.69, 9.17) is 5.73 Å². The standard InChI is InChI=1S/C20H30N6O3.HI/c1-3-18(28)26-10-9-16(13-26)25-20(22-4-2)24-11-14-5-7-15(8-6-14)19(29)23-12-17(21)27;/h5-8,16H,3-4,9-13H2,1-2H3,(H2,21,27)(H,23,29)(H2,22,24,25);1H. The van der Waals surface area contributed by atoms with Crippen molar-refractivity contribution in [3.05, 3.63) is 35.4 Å². The smallest absolute Gasteiger partial charge is 0.251 e. The molecule has 0 aromatic heterocycles. The number of hydrogen-bond acceptors (Lipinski definition) is 4. The van der Waals surface area contributed by atoms with E-state index in [0.29, 0.717) is 31.0 Å². The normalized spacial score (nSPS) is 15.9. The third-order valence-electron chi connectivity index (χ3n) is 4.59. The minimum Gasteiger partial charge on any atom is -0.368 e. The Labute approximate surface area is 194 Å². The fraction of sp³-hybridized carbons (Fsp3) is 0.500. The van der Waals surface area contributed by atoms with Crippen LogP contribution in [-0.4, -0.2) is 60.8 Å². The number of guanidine groups is 1. The molecule has 2 rings (SSSR count). The number of nitrogens with zero attached hydrogens (tertiary/aromatic N) is 2. The van der Waals surface area contributed by atoms with Crippen molar-refractivity contribution in [1.82, 2.24) is 20.9 Å². The quantitative estimate of drug-likeness (QED) is 0.222. The first-order valence-corrected chi connectivity index (χ1v) is 9.91. The topological polar surface area (TPSA) is 129 Å². The zero-order chi connectivity index (χ0) is 21.2. The molecule has 0 radical (unpaired) electrons. The fourth-order valence-electron chi connectivity index (χ4n) is 3.04. The van der Waals surface area contributed by atoms with E-state index in [-0.39, 0.29) is 48.4 Å². The van der Waals surface area contributed by atoms with Crippen molar-refractivity contribution in [2.45, 2.75) is 39.3 Å². The first-order valence-electron chi connectivity index (χ1n) is 9.91. The van der Waals surface area contributed by atoms with Gasteiger partial charge in [0.15, 0.2) is 5.96 Å². The summed E-state index contributed by atoms with van der Waals surface area (Å²) in [7, 11) is 0. The van der Waals surface area contributed by atoms with E-state index in [9.17, 15) is 14.4 Å². The summed E-state index contributed by atoms with van der Waals surface area (Å²) in [4.78, 5) is 41.0. The molecule has 0 aliphatic carbocycles. The molecular weight excluding hydrogens is 499 g/mol. The Balaban J connectivity index is 0.00000450. The van der Waals surface area contributed by atoms with Crippen LogP contribution in [0.1, 0.15) is 42.6 Å². The fourth-order valence-corrected chi connectivity index (χ4v) is 3.04. The Morgan fingerprint density at radius 2 is 1.87 bits per heavy atom. The molecule has 1 saturated heterocycles. The number of likely N-dealkylation sites (tertiary alicyclic amines) is 1. The summed E-state index contributed by atoms with van der Waals surface area (Å²) >= 11 is 0. The second-order valence-corrected chi connectivity index (χ2v) is 6.86. The van der Waals surface area contributed by atoms with Gasteiger partial charge in [0.1, 0.15) is 0 Å². The van der Waals surface area contributed by atoms with E-state index < -0.39 is 5.91 Å². The van der Waals surface area contributed by atoms with Crippen molar-refractivity contribution in [2.75, 3.05) is 26.2 Å². The van der Waals surface area contributed by atoms with Crippen LogP contribution >= 0.6 is 24.0 Å². The number of amides is 3. The average Bonchev–Trinajstić information content (AvgIpc) is 3.18. The number of hydrogen-bond donors (Lipinski definition) is 4. The molecule has 1 aliphatic rings. The second kappa shape index (κ2) is 13.0. The largest absolute Gasteiger partial charge is 0.368 e. The molecule has 1 atom stereocenters. The monoisotopic (exact) mass is 530 g/mol. The minimum absolute atomic E-state index is 0. The summed E-state index contributed by atoms with van der Waals surface area (Å²) in [5.74, 6) is -0.0544. The van der Waals surface area contributed by atoms with Crippen molar-refractivity contribution in [1.29, 1.82) is 0 Å². The van der Waals surface area contributed by atoms with Crippen LogP contribution in [0.4, 0.5) is 0 Å². The van der Waals surface area contributed by atoms with Gasteiger partial charge in [-0.15, -0.1) is 24.0 Å². The molecule has 1 heterocycles. The number of aliphatic imine (C=N–C) groups is 1. The number of nitrogens with one attached hydrogen (secondary N) is 3. The first kappa shape index (κ1) is 25.7. The molecular formula is C20H31IN6O3. The summed E-state index contributed by atoms with van der Waals surface area (Å²) in [6, 6.07) is 7.20. The summed E-state index contributed by atoms with van der Waals surface area (Å²) in [6.45, 7) is 6.32. The number of benzene rings is 1. The van der Waals surface area contributed by atoms with E-state index in [1.807, 2.05) is 30.9 Å². The molecule has 1 unspecified atom stereocenters. The molecule has 10 heteroatoms. The van der Waals surface area contributed by atoms with E-state index in [1.165, 1.54) is 0 Å². The molecule has 9 nitrogen and oxygen atoms in total. The van der Waals surface area contributed by atoms with Crippen LogP contribution in [-0.2, 0) is 16.1 Å². The van der Waals surface area contributed by atoms with Crippen LogP contribution in [0.2, 0.25) is 0 Å². The Kier molecular flexibility index (Phi) is 11.2. The summed E-state index contributed by atoms with van der Waals surface area (Å²) < 4.78 is 0. The third kappa shape index (κ3) is 8.17. The number of primary amides is 1. The summed E-state index contributed by atoms with van der Waals surface area (Å²) in [5.41, 5.74) is 6.43. The van der Waals surface area contributed by atoms with Gasteiger partial charge in [0.25, 0.3) is 5.91 Å². The van der Waals surface area contributed by atoms with Crippen LogP contribution < -0.4 is 21.7 Å². The number of carbonyl (C=O) groups excluding carboxylic acids is 3. The van der Waals surface area contributed by atoms with Crippen LogP contribution in [0.5, 0.6) is 0 Å². The number of nitrogens with two attached hydrogens (primary N) is 1. The van der Waals surface area contributed by atoms with Gasteiger partial charge in [-0.3, -0.25) is 14.4 Å². The molecule has 3 amide bonds. The molecule has 1 fully saturated rings. The van der Waals surface area contributed by atoms with E-state index in [2.05, 4.69) is 20.9 Å². The van der Waals surface area contributed by atoms with Gasteiger partial charge < -0.3 is 26.6 Å². The van der Waals surface area contributed by atoms with E-state index >= 15 is 0 Å². The van der Waals surface area contributed by atoms with Crippen molar-refractivity contribution in [2.24, 2.45) is 10.7 Å². The molecule has 1 aromatic rings. The second-order valence-electron chi connectivity index (χ2n) is 6.86. The highest BCUT2D eigenvalue weighted by atomic mass is 127. The molecule has 1 aliphatic heterocycles. The number of carbonyl (C=O) groups is 3. The van der Waals surface area contributed by atoms with Gasteiger partial charge in [-0.25, -0.2) is 4.99 Å². The maximum atomic E-state index is 11.9. The lowest BCUT2D eigenvalue weighted by molar-refractivity contribution is -0.129. The van der Waals surface area contributed by atoms with Crippen molar-refractivity contribution < 1.29 is 14.4 Å². The van der Waals surface area contributed by atoms with E-state index in [0.717, 1.165) is 25.1 Å². The molecule has 5 N–H and O–H groups in total. The van der Waals surface area contributed by atoms with Gasteiger partial charge in [-0.1, -0.05) is 19.1 Å². The van der Waals surface area contributed by atoms with Gasteiger partial charge in [0.05, 0.1) is 13.1 Å². The SMILES string of the molecule is CCNC(=NCc1ccc(C(=O)NCC(N)=O)cc1)NC1CCN(C(=O)CC)C1.I. The van der Waals surface area contributed by atoms with Crippen LogP contribution in [0, 0.1) is 0 Å². The lowest BCUT2D eigenvalue weighted by atomic mass is 10.1. The lowest BCUT2D eigenvalue weighted by Crippen LogP contribution is -2.45. The third-order valence-corrected chi connectivity index (χ3v) is 4.59. The predicted molar refractivity (Wildman–Crippen MR) is 127 cm³/mol. The van der Waals surface area contributed by atoms with Crippen molar-refractivity contribution in [3.8, 4) is 0 Å².